The van der Waals surface area contributed by atoms with Gasteiger partial charge in [-0.3, -0.25) is 4.98 Å². The number of rotatable bonds is 5. The Morgan fingerprint density at radius 1 is 0.947 bits per heavy atom. The van der Waals surface area contributed by atoms with Crippen LogP contribution >= 0.6 is 0 Å². The molecule has 5 rings (SSSR count). The van der Waals surface area contributed by atoms with Crippen LogP contribution in [-0.2, 0) is 6.54 Å². The number of nitrogens with two attached hydrogens (primary N) is 1. The van der Waals surface area contributed by atoms with E-state index in [4.69, 9.17) is 10.8 Å². The Bertz CT molecular complexity index is 1520. The summed E-state index contributed by atoms with van der Waals surface area (Å²) in [5, 5.41) is 11.8. The molecule has 0 atom stereocenters. The second-order valence-corrected chi connectivity index (χ2v) is 9.31. The van der Waals surface area contributed by atoms with E-state index in [0.717, 1.165) is 12.1 Å². The van der Waals surface area contributed by atoms with E-state index in [9.17, 15) is 22.4 Å². The van der Waals surface area contributed by atoms with Gasteiger partial charge in [0, 0.05) is 60.5 Å². The Balaban J connectivity index is 1.74. The SMILES string of the molecule is NC1CCN(c2c(-c3cc(F)cc(F)c3)cnc3ccc(-c4cc(F)cc(F)c4CNC(=O)O)cc23)CC1. The summed E-state index contributed by atoms with van der Waals surface area (Å²) in [5.74, 6) is -3.16. The number of hydrogen-bond donors (Lipinski definition) is 3. The summed E-state index contributed by atoms with van der Waals surface area (Å²) >= 11 is 0. The van der Waals surface area contributed by atoms with Crippen molar-refractivity contribution in [3.63, 3.8) is 0 Å². The predicted octanol–water partition coefficient (Wildman–Crippen LogP) is 5.82. The van der Waals surface area contributed by atoms with Crippen LogP contribution in [-0.4, -0.2) is 35.3 Å². The van der Waals surface area contributed by atoms with E-state index < -0.39 is 29.4 Å². The zero-order valence-corrected chi connectivity index (χ0v) is 20.1. The van der Waals surface area contributed by atoms with Crippen LogP contribution in [0.1, 0.15) is 18.4 Å². The average Bonchev–Trinajstić information content (AvgIpc) is 2.86. The maximum Gasteiger partial charge on any atom is 0.404 e. The Kier molecular flexibility index (Phi) is 6.90. The Morgan fingerprint density at radius 2 is 1.63 bits per heavy atom. The molecule has 6 nitrogen and oxygen atoms in total. The van der Waals surface area contributed by atoms with Crippen molar-refractivity contribution in [1.29, 1.82) is 0 Å². The number of pyridine rings is 1. The van der Waals surface area contributed by atoms with Gasteiger partial charge >= 0.3 is 6.09 Å². The number of nitrogens with one attached hydrogen (secondary N) is 1. The maximum atomic E-state index is 14.8. The third-order valence-electron chi connectivity index (χ3n) is 6.76. The molecule has 1 amide bonds. The summed E-state index contributed by atoms with van der Waals surface area (Å²) in [6.07, 6.45) is 1.63. The first-order chi connectivity index (χ1) is 18.2. The lowest BCUT2D eigenvalue weighted by atomic mass is 9.94. The lowest BCUT2D eigenvalue weighted by Gasteiger charge is -2.34. The van der Waals surface area contributed by atoms with Gasteiger partial charge in [0.1, 0.15) is 23.3 Å². The second kappa shape index (κ2) is 10.3. The zero-order chi connectivity index (χ0) is 27.0. The standard InChI is InChI=1S/C28H24F4N4O2/c29-17-7-16(8-18(30)10-17)23-13-34-26-2-1-15(9-22(26)27(23)36-5-3-20(33)4-6-36)21-11-19(31)12-25(32)24(21)14-35-28(37)38/h1-2,7-13,20,35H,3-6,14,33H2,(H,37,38). The molecule has 1 aliphatic heterocycles. The number of fused-ring (bicyclic) bond motifs is 1. The molecular weight excluding hydrogens is 500 g/mol. The van der Waals surface area contributed by atoms with E-state index in [1.54, 1.807) is 24.4 Å². The molecule has 196 valence electrons. The van der Waals surface area contributed by atoms with Gasteiger partial charge in [-0.1, -0.05) is 6.07 Å². The molecule has 3 aromatic carbocycles. The van der Waals surface area contributed by atoms with Crippen molar-refractivity contribution < 1.29 is 27.5 Å². The topological polar surface area (TPSA) is 91.5 Å². The molecule has 0 saturated carbocycles. The molecule has 38 heavy (non-hydrogen) atoms. The van der Waals surface area contributed by atoms with Crippen LogP contribution in [0, 0.1) is 23.3 Å². The van der Waals surface area contributed by atoms with Gasteiger partial charge in [0.05, 0.1) is 11.2 Å². The number of nitrogens with zero attached hydrogens (tertiary/aromatic N) is 2. The number of hydrogen-bond acceptors (Lipinski definition) is 4. The van der Waals surface area contributed by atoms with Crippen molar-refractivity contribution in [1.82, 2.24) is 10.3 Å². The highest BCUT2D eigenvalue weighted by Crippen LogP contribution is 2.40. The summed E-state index contributed by atoms with van der Waals surface area (Å²) in [4.78, 5) is 17.6. The molecule has 2 heterocycles. The van der Waals surface area contributed by atoms with E-state index in [2.05, 4.69) is 15.2 Å². The highest BCUT2D eigenvalue weighted by molar-refractivity contribution is 6.02. The lowest BCUT2D eigenvalue weighted by Crippen LogP contribution is -2.40. The molecule has 4 aromatic rings. The molecule has 1 aliphatic rings. The molecule has 0 bridgehead atoms. The van der Waals surface area contributed by atoms with Gasteiger partial charge in [-0.05, 0) is 59.9 Å². The van der Waals surface area contributed by atoms with Gasteiger partial charge in [-0.15, -0.1) is 0 Å². The van der Waals surface area contributed by atoms with E-state index in [0.29, 0.717) is 65.3 Å². The quantitative estimate of drug-likeness (QED) is 0.286. The number of aromatic nitrogens is 1. The van der Waals surface area contributed by atoms with Crippen LogP contribution in [0.4, 0.5) is 28.0 Å². The van der Waals surface area contributed by atoms with Gasteiger partial charge in [0.15, 0.2) is 0 Å². The predicted molar refractivity (Wildman–Crippen MR) is 137 cm³/mol. The lowest BCUT2D eigenvalue weighted by molar-refractivity contribution is 0.194. The Morgan fingerprint density at radius 3 is 2.32 bits per heavy atom. The van der Waals surface area contributed by atoms with Gasteiger partial charge < -0.3 is 21.1 Å². The van der Waals surface area contributed by atoms with E-state index in [-0.39, 0.29) is 23.7 Å². The molecule has 1 saturated heterocycles. The highest BCUT2D eigenvalue weighted by atomic mass is 19.1. The fourth-order valence-electron chi connectivity index (χ4n) is 4.94. The van der Waals surface area contributed by atoms with E-state index in [1.807, 2.05) is 0 Å². The summed E-state index contributed by atoms with van der Waals surface area (Å²) in [5.41, 5.74) is 8.75. The summed E-state index contributed by atoms with van der Waals surface area (Å²) in [6, 6.07) is 10.2. The van der Waals surface area contributed by atoms with Gasteiger partial charge in [0.25, 0.3) is 0 Å². The molecule has 10 heteroatoms. The third-order valence-corrected chi connectivity index (χ3v) is 6.76. The van der Waals surface area contributed by atoms with Crippen molar-refractivity contribution in [2.45, 2.75) is 25.4 Å². The normalized spacial score (nSPS) is 14.2. The number of piperidine rings is 1. The number of carbonyl (C=O) groups is 1. The number of halogens is 4. The van der Waals surface area contributed by atoms with Crippen molar-refractivity contribution in [2.75, 3.05) is 18.0 Å². The van der Waals surface area contributed by atoms with Gasteiger partial charge in [-0.25, -0.2) is 22.4 Å². The Labute approximate surface area is 215 Å². The largest absolute Gasteiger partial charge is 0.465 e. The summed E-state index contributed by atoms with van der Waals surface area (Å²) in [7, 11) is 0. The van der Waals surface area contributed by atoms with Crippen LogP contribution in [0.3, 0.4) is 0 Å². The van der Waals surface area contributed by atoms with Crippen LogP contribution in [0.25, 0.3) is 33.2 Å². The monoisotopic (exact) mass is 524 g/mol. The van der Waals surface area contributed by atoms with E-state index >= 15 is 0 Å². The zero-order valence-electron chi connectivity index (χ0n) is 20.1. The minimum atomic E-state index is -1.35. The molecule has 0 radical (unpaired) electrons. The second-order valence-electron chi connectivity index (χ2n) is 9.31. The maximum absolute atomic E-state index is 14.8. The first-order valence-electron chi connectivity index (χ1n) is 12.0. The first-order valence-corrected chi connectivity index (χ1v) is 12.0. The fourth-order valence-corrected chi connectivity index (χ4v) is 4.94. The summed E-state index contributed by atoms with van der Waals surface area (Å²) in [6.45, 7) is 0.821. The first kappa shape index (κ1) is 25.5. The number of anilines is 1. The smallest absolute Gasteiger partial charge is 0.404 e. The molecule has 1 aromatic heterocycles. The highest BCUT2D eigenvalue weighted by Gasteiger charge is 2.23. The van der Waals surface area contributed by atoms with Gasteiger partial charge in [0.2, 0.25) is 0 Å². The number of amides is 1. The van der Waals surface area contributed by atoms with Crippen LogP contribution < -0.4 is 16.0 Å². The molecule has 0 unspecified atom stereocenters. The molecule has 0 spiro atoms. The minimum absolute atomic E-state index is 0.0186. The van der Waals surface area contributed by atoms with Crippen LogP contribution in [0.5, 0.6) is 0 Å². The Hall–Kier alpha value is -4.18. The molecular formula is C28H24F4N4O2. The van der Waals surface area contributed by atoms with Crippen molar-refractivity contribution >= 4 is 22.7 Å². The fraction of sp³-hybridized carbons (Fsp3) is 0.214. The number of benzene rings is 3. The van der Waals surface area contributed by atoms with E-state index in [1.165, 1.54) is 12.1 Å². The number of carboxylic acid groups (broad SMARTS) is 1. The van der Waals surface area contributed by atoms with Crippen molar-refractivity contribution in [3.05, 3.63) is 83.6 Å². The molecule has 1 fully saturated rings. The van der Waals surface area contributed by atoms with Crippen LogP contribution in [0.2, 0.25) is 0 Å². The molecule has 0 aliphatic carbocycles. The van der Waals surface area contributed by atoms with Crippen molar-refractivity contribution in [3.8, 4) is 22.3 Å². The van der Waals surface area contributed by atoms with Crippen LogP contribution in [0.15, 0.2) is 54.7 Å². The minimum Gasteiger partial charge on any atom is -0.465 e. The average molecular weight is 525 g/mol. The third kappa shape index (κ3) is 5.12. The van der Waals surface area contributed by atoms with Gasteiger partial charge in [-0.2, -0.15) is 0 Å². The molecule has 4 N–H and O–H groups in total. The van der Waals surface area contributed by atoms with Crippen molar-refractivity contribution in [2.24, 2.45) is 5.73 Å². The summed E-state index contributed by atoms with van der Waals surface area (Å²) < 4.78 is 57.4.